The number of thioether (sulfide) groups is 1. The van der Waals surface area contributed by atoms with Gasteiger partial charge in [-0.2, -0.15) is 0 Å². The molecule has 19 heavy (non-hydrogen) atoms. The van der Waals surface area contributed by atoms with Gasteiger partial charge in [0.25, 0.3) is 5.91 Å². The van der Waals surface area contributed by atoms with Crippen molar-refractivity contribution >= 4 is 17.7 Å². The lowest BCUT2D eigenvalue weighted by Gasteiger charge is -2.32. The summed E-state index contributed by atoms with van der Waals surface area (Å²) in [5.74, 6) is -0.197. The van der Waals surface area contributed by atoms with Crippen molar-refractivity contribution in [2.24, 2.45) is 0 Å². The van der Waals surface area contributed by atoms with Crippen LogP contribution in [0.25, 0.3) is 0 Å². The number of carbonyl (C=O) groups excluding carboxylic acids is 1. The average molecular weight is 282 g/mol. The van der Waals surface area contributed by atoms with Crippen molar-refractivity contribution in [2.45, 2.75) is 23.5 Å². The molecule has 1 amide bonds. The van der Waals surface area contributed by atoms with Crippen LogP contribution >= 0.6 is 11.8 Å². The van der Waals surface area contributed by atoms with Crippen LogP contribution in [0.2, 0.25) is 0 Å². The Kier molecular flexibility index (Phi) is 4.79. The van der Waals surface area contributed by atoms with Gasteiger partial charge in [-0.3, -0.25) is 4.79 Å². The monoisotopic (exact) mass is 282 g/mol. The SMILES string of the molecule is CSc1ncccc1C(=O)NCC1(O)CCOCC1. The summed E-state index contributed by atoms with van der Waals surface area (Å²) in [7, 11) is 0. The first-order valence-electron chi connectivity index (χ1n) is 6.22. The van der Waals surface area contributed by atoms with E-state index in [9.17, 15) is 9.90 Å². The molecule has 104 valence electrons. The molecule has 0 unspecified atom stereocenters. The van der Waals surface area contributed by atoms with E-state index in [4.69, 9.17) is 4.74 Å². The Morgan fingerprint density at radius 3 is 3.00 bits per heavy atom. The molecule has 0 radical (unpaired) electrons. The molecule has 1 aromatic heterocycles. The highest BCUT2D eigenvalue weighted by Gasteiger charge is 2.30. The van der Waals surface area contributed by atoms with Crippen LogP contribution in [0.4, 0.5) is 0 Å². The molecular formula is C13H18N2O3S. The molecule has 2 N–H and O–H groups in total. The van der Waals surface area contributed by atoms with Crippen molar-refractivity contribution < 1.29 is 14.6 Å². The van der Waals surface area contributed by atoms with Crippen LogP contribution in [-0.4, -0.2) is 47.6 Å². The van der Waals surface area contributed by atoms with E-state index in [1.165, 1.54) is 11.8 Å². The Morgan fingerprint density at radius 1 is 1.58 bits per heavy atom. The van der Waals surface area contributed by atoms with Crippen LogP contribution in [0.1, 0.15) is 23.2 Å². The predicted octanol–water partition coefficient (Wildman–Crippen LogP) is 1.07. The Bertz CT molecular complexity index is 447. The molecule has 1 fully saturated rings. The highest BCUT2D eigenvalue weighted by molar-refractivity contribution is 7.98. The van der Waals surface area contributed by atoms with E-state index >= 15 is 0 Å². The summed E-state index contributed by atoms with van der Waals surface area (Å²) in [6.45, 7) is 1.32. The Balaban J connectivity index is 1.97. The molecule has 1 aromatic rings. The molecule has 1 aliphatic heterocycles. The molecule has 0 atom stereocenters. The fraction of sp³-hybridized carbons (Fsp3) is 0.538. The van der Waals surface area contributed by atoms with Crippen molar-refractivity contribution in [3.8, 4) is 0 Å². The molecule has 0 aliphatic carbocycles. The van der Waals surface area contributed by atoms with Crippen molar-refractivity contribution in [3.05, 3.63) is 23.9 Å². The second kappa shape index (κ2) is 6.36. The number of aromatic nitrogens is 1. The van der Waals surface area contributed by atoms with Gasteiger partial charge >= 0.3 is 0 Å². The van der Waals surface area contributed by atoms with Gasteiger partial charge in [-0.05, 0) is 18.4 Å². The molecule has 2 rings (SSSR count). The number of amides is 1. The quantitative estimate of drug-likeness (QED) is 0.808. The molecule has 6 heteroatoms. The number of nitrogens with one attached hydrogen (secondary N) is 1. The van der Waals surface area contributed by atoms with Gasteiger partial charge < -0.3 is 15.2 Å². The molecule has 0 saturated carbocycles. The maximum Gasteiger partial charge on any atom is 0.254 e. The lowest BCUT2D eigenvalue weighted by molar-refractivity contribution is -0.0605. The zero-order chi connectivity index (χ0) is 13.7. The summed E-state index contributed by atoms with van der Waals surface area (Å²) < 4.78 is 5.21. The second-order valence-electron chi connectivity index (χ2n) is 4.58. The maximum atomic E-state index is 12.1. The highest BCUT2D eigenvalue weighted by atomic mass is 32.2. The minimum Gasteiger partial charge on any atom is -0.388 e. The molecule has 1 aliphatic rings. The van der Waals surface area contributed by atoms with Gasteiger partial charge in [-0.15, -0.1) is 11.8 Å². The van der Waals surface area contributed by atoms with E-state index in [2.05, 4.69) is 10.3 Å². The van der Waals surface area contributed by atoms with E-state index in [1.54, 1.807) is 18.3 Å². The predicted molar refractivity (Wildman–Crippen MR) is 73.4 cm³/mol. The minimum absolute atomic E-state index is 0.197. The normalized spacial score (nSPS) is 18.0. The highest BCUT2D eigenvalue weighted by Crippen LogP contribution is 2.20. The minimum atomic E-state index is -0.852. The van der Waals surface area contributed by atoms with E-state index in [1.807, 2.05) is 6.26 Å². The Labute approximate surface area is 116 Å². The van der Waals surface area contributed by atoms with Gasteiger partial charge in [-0.25, -0.2) is 4.98 Å². The number of aliphatic hydroxyl groups is 1. The number of ether oxygens (including phenoxy) is 1. The number of rotatable bonds is 4. The summed E-state index contributed by atoms with van der Waals surface area (Å²) in [6, 6.07) is 3.47. The van der Waals surface area contributed by atoms with E-state index < -0.39 is 5.60 Å². The van der Waals surface area contributed by atoms with Crippen LogP contribution in [-0.2, 0) is 4.74 Å². The molecule has 5 nitrogen and oxygen atoms in total. The Hall–Kier alpha value is -1.11. The third kappa shape index (κ3) is 3.68. The van der Waals surface area contributed by atoms with Crippen LogP contribution in [0.15, 0.2) is 23.4 Å². The number of carbonyl (C=O) groups is 1. The maximum absolute atomic E-state index is 12.1. The van der Waals surface area contributed by atoms with Gasteiger partial charge in [-0.1, -0.05) is 0 Å². The number of hydrogen-bond acceptors (Lipinski definition) is 5. The van der Waals surface area contributed by atoms with Crippen molar-refractivity contribution in [2.75, 3.05) is 26.0 Å². The molecular weight excluding hydrogens is 264 g/mol. The first kappa shape index (κ1) is 14.3. The van der Waals surface area contributed by atoms with Gasteiger partial charge in [0.15, 0.2) is 0 Å². The van der Waals surface area contributed by atoms with Crippen molar-refractivity contribution in [3.63, 3.8) is 0 Å². The van der Waals surface area contributed by atoms with Gasteiger partial charge in [0, 0.05) is 38.8 Å². The van der Waals surface area contributed by atoms with Gasteiger partial charge in [0.05, 0.1) is 11.2 Å². The molecule has 0 spiro atoms. The third-order valence-corrected chi connectivity index (χ3v) is 3.92. The summed E-state index contributed by atoms with van der Waals surface area (Å²) in [4.78, 5) is 16.3. The van der Waals surface area contributed by atoms with E-state index in [0.29, 0.717) is 36.6 Å². The summed E-state index contributed by atoms with van der Waals surface area (Å²) >= 11 is 1.43. The molecule has 0 bridgehead atoms. The average Bonchev–Trinajstić information content (AvgIpc) is 2.45. The fourth-order valence-corrected chi connectivity index (χ4v) is 2.54. The number of pyridine rings is 1. The molecule has 0 aromatic carbocycles. The van der Waals surface area contributed by atoms with Crippen LogP contribution in [0.3, 0.4) is 0 Å². The summed E-state index contributed by atoms with van der Waals surface area (Å²) in [5, 5.41) is 13.8. The summed E-state index contributed by atoms with van der Waals surface area (Å²) in [5.41, 5.74) is -0.305. The first-order valence-corrected chi connectivity index (χ1v) is 7.44. The topological polar surface area (TPSA) is 71.5 Å². The zero-order valence-corrected chi connectivity index (χ0v) is 11.7. The lowest BCUT2D eigenvalue weighted by Crippen LogP contribution is -2.46. The van der Waals surface area contributed by atoms with Crippen LogP contribution in [0, 0.1) is 0 Å². The van der Waals surface area contributed by atoms with Crippen LogP contribution < -0.4 is 5.32 Å². The first-order chi connectivity index (χ1) is 9.14. The second-order valence-corrected chi connectivity index (χ2v) is 5.37. The number of nitrogens with zero attached hydrogens (tertiary/aromatic N) is 1. The molecule has 2 heterocycles. The van der Waals surface area contributed by atoms with Crippen molar-refractivity contribution in [1.82, 2.24) is 10.3 Å². The number of hydrogen-bond donors (Lipinski definition) is 2. The zero-order valence-electron chi connectivity index (χ0n) is 10.9. The third-order valence-electron chi connectivity index (χ3n) is 3.21. The van der Waals surface area contributed by atoms with Gasteiger partial charge in [0.1, 0.15) is 5.03 Å². The van der Waals surface area contributed by atoms with Gasteiger partial charge in [0.2, 0.25) is 0 Å². The van der Waals surface area contributed by atoms with E-state index in [-0.39, 0.29) is 12.5 Å². The van der Waals surface area contributed by atoms with E-state index in [0.717, 1.165) is 0 Å². The largest absolute Gasteiger partial charge is 0.388 e. The molecule has 1 saturated heterocycles. The smallest absolute Gasteiger partial charge is 0.254 e. The van der Waals surface area contributed by atoms with Crippen molar-refractivity contribution in [1.29, 1.82) is 0 Å². The fourth-order valence-electron chi connectivity index (χ4n) is 1.99. The lowest BCUT2D eigenvalue weighted by atomic mass is 9.94. The van der Waals surface area contributed by atoms with Crippen LogP contribution in [0.5, 0.6) is 0 Å². The summed E-state index contributed by atoms with van der Waals surface area (Å²) in [6.07, 6.45) is 4.64. The standard InChI is InChI=1S/C13H18N2O3S/c1-19-12-10(3-2-6-14-12)11(16)15-9-13(17)4-7-18-8-5-13/h2-3,6,17H,4-5,7-9H2,1H3,(H,15,16). The Morgan fingerprint density at radius 2 is 2.32 bits per heavy atom.